The van der Waals surface area contributed by atoms with Crippen molar-refractivity contribution < 1.29 is 22.7 Å². The molecule has 7 nitrogen and oxygen atoms in total. The molecule has 2 aromatic carbocycles. The van der Waals surface area contributed by atoms with Crippen LogP contribution in [0.5, 0.6) is 11.5 Å². The number of benzene rings is 2. The Hall–Kier alpha value is -2.16. The van der Waals surface area contributed by atoms with E-state index in [2.05, 4.69) is 5.32 Å². The smallest absolute Gasteiger partial charge is 0.240 e. The van der Waals surface area contributed by atoms with Gasteiger partial charge in [0.25, 0.3) is 0 Å². The van der Waals surface area contributed by atoms with E-state index in [0.717, 1.165) is 16.1 Å². The number of nitrogens with zero attached hydrogens (tertiary/aromatic N) is 1. The Balaban J connectivity index is 2.03. The predicted octanol–water partition coefficient (Wildman–Crippen LogP) is 3.14. The topological polar surface area (TPSA) is 84.9 Å². The highest BCUT2D eigenvalue weighted by atomic mass is 35.5. The molecule has 0 fully saturated rings. The molecule has 0 aliphatic heterocycles. The van der Waals surface area contributed by atoms with E-state index in [-0.39, 0.29) is 15.7 Å². The molecule has 2 aromatic rings. The minimum Gasteiger partial charge on any atom is -0.493 e. The number of carbonyl (C=O) groups is 1. The van der Waals surface area contributed by atoms with E-state index in [9.17, 15) is 13.2 Å². The lowest BCUT2D eigenvalue weighted by atomic mass is 10.1. The molecule has 10 heteroatoms. The van der Waals surface area contributed by atoms with Gasteiger partial charge in [-0.1, -0.05) is 35.3 Å². The molecule has 1 amide bonds. The maximum absolute atomic E-state index is 12.3. The van der Waals surface area contributed by atoms with Crippen molar-refractivity contribution in [2.75, 3.05) is 37.9 Å². The summed E-state index contributed by atoms with van der Waals surface area (Å²) < 4.78 is 35.7. The van der Waals surface area contributed by atoms with Crippen LogP contribution in [0.25, 0.3) is 0 Å². The second kappa shape index (κ2) is 10.0. The lowest BCUT2D eigenvalue weighted by molar-refractivity contribution is -0.119. The first-order chi connectivity index (χ1) is 13.7. The van der Waals surface area contributed by atoms with Crippen LogP contribution >= 0.6 is 23.2 Å². The third-order valence-electron chi connectivity index (χ3n) is 4.07. The van der Waals surface area contributed by atoms with Gasteiger partial charge in [0.2, 0.25) is 15.9 Å². The second-order valence-corrected chi connectivity index (χ2v) is 8.82. The fourth-order valence-electron chi connectivity index (χ4n) is 2.63. The van der Waals surface area contributed by atoms with Gasteiger partial charge < -0.3 is 14.8 Å². The van der Waals surface area contributed by atoms with Crippen molar-refractivity contribution >= 4 is 44.8 Å². The molecule has 0 heterocycles. The molecular weight excluding hydrogens is 439 g/mol. The minimum absolute atomic E-state index is 0.0673. The lowest BCUT2D eigenvalue weighted by Crippen LogP contribution is -2.41. The van der Waals surface area contributed by atoms with Gasteiger partial charge in [-0.25, -0.2) is 8.42 Å². The number of rotatable bonds is 9. The molecule has 0 aliphatic rings. The van der Waals surface area contributed by atoms with E-state index in [1.54, 1.807) is 26.4 Å². The molecule has 29 heavy (non-hydrogen) atoms. The monoisotopic (exact) mass is 460 g/mol. The highest BCUT2D eigenvalue weighted by molar-refractivity contribution is 7.92. The summed E-state index contributed by atoms with van der Waals surface area (Å²) in [5.41, 5.74) is 1.08. The van der Waals surface area contributed by atoms with Gasteiger partial charge in [-0.3, -0.25) is 9.10 Å². The number of hydrogen-bond donors (Lipinski definition) is 1. The summed E-state index contributed by atoms with van der Waals surface area (Å²) >= 11 is 12.1. The van der Waals surface area contributed by atoms with Crippen molar-refractivity contribution in [3.8, 4) is 11.5 Å². The van der Waals surface area contributed by atoms with E-state index in [1.807, 2.05) is 12.1 Å². The van der Waals surface area contributed by atoms with Crippen molar-refractivity contribution in [3.63, 3.8) is 0 Å². The average Bonchev–Trinajstić information content (AvgIpc) is 2.67. The number of sulfonamides is 1. The summed E-state index contributed by atoms with van der Waals surface area (Å²) in [7, 11) is -0.648. The van der Waals surface area contributed by atoms with Gasteiger partial charge in [0.15, 0.2) is 11.5 Å². The number of carbonyl (C=O) groups excluding carboxylic acids is 1. The third-order valence-corrected chi connectivity index (χ3v) is 6.01. The summed E-state index contributed by atoms with van der Waals surface area (Å²) in [6, 6.07) is 10.1. The zero-order valence-corrected chi connectivity index (χ0v) is 18.6. The first-order valence-corrected chi connectivity index (χ1v) is 11.2. The summed E-state index contributed by atoms with van der Waals surface area (Å²) in [6.07, 6.45) is 1.53. The molecular formula is C19H22Cl2N2O5S. The van der Waals surface area contributed by atoms with E-state index >= 15 is 0 Å². The Morgan fingerprint density at radius 3 is 2.41 bits per heavy atom. The fourth-order valence-corrected chi connectivity index (χ4v) is 3.94. The van der Waals surface area contributed by atoms with E-state index < -0.39 is 22.5 Å². The van der Waals surface area contributed by atoms with Gasteiger partial charge in [-0.05, 0) is 36.2 Å². The van der Waals surface area contributed by atoms with Crippen molar-refractivity contribution in [1.29, 1.82) is 0 Å². The maximum Gasteiger partial charge on any atom is 0.240 e. The van der Waals surface area contributed by atoms with Crippen molar-refractivity contribution in [2.24, 2.45) is 0 Å². The van der Waals surface area contributed by atoms with Crippen LogP contribution in [-0.4, -0.2) is 47.9 Å². The van der Waals surface area contributed by atoms with E-state index in [0.29, 0.717) is 24.5 Å². The standard InChI is InChI=1S/C19H22Cl2N2O5S/c1-27-16-8-7-13(11-17(16)28-2)9-10-22-18(24)12-23(29(3,25)26)15-6-4-5-14(20)19(15)21/h4-8,11H,9-10,12H2,1-3H3,(H,22,24). The first kappa shape index (κ1) is 23.1. The van der Waals surface area contributed by atoms with Gasteiger partial charge in [-0.2, -0.15) is 0 Å². The molecule has 0 radical (unpaired) electrons. The van der Waals surface area contributed by atoms with E-state index in [1.165, 1.54) is 12.1 Å². The zero-order valence-electron chi connectivity index (χ0n) is 16.2. The quantitative estimate of drug-likeness (QED) is 0.621. The Morgan fingerprint density at radius 2 is 1.79 bits per heavy atom. The van der Waals surface area contributed by atoms with Crippen LogP contribution < -0.4 is 19.1 Å². The van der Waals surface area contributed by atoms with Crippen molar-refractivity contribution in [1.82, 2.24) is 5.32 Å². The normalized spacial score (nSPS) is 11.1. The Bertz CT molecular complexity index is 983. The number of ether oxygens (including phenoxy) is 2. The molecule has 1 N–H and O–H groups in total. The summed E-state index contributed by atoms with van der Waals surface area (Å²) in [6.45, 7) is -0.0972. The molecule has 0 spiro atoms. The van der Waals surface area contributed by atoms with Crippen molar-refractivity contribution in [3.05, 3.63) is 52.0 Å². The van der Waals surface area contributed by atoms with Crippen molar-refractivity contribution in [2.45, 2.75) is 6.42 Å². The number of nitrogens with one attached hydrogen (secondary N) is 1. The molecule has 2 rings (SSSR count). The molecule has 0 saturated carbocycles. The second-order valence-electron chi connectivity index (χ2n) is 6.13. The van der Waals surface area contributed by atoms with Gasteiger partial charge in [0.05, 0.1) is 36.2 Å². The van der Waals surface area contributed by atoms with Gasteiger partial charge in [0, 0.05) is 6.54 Å². The summed E-state index contributed by atoms with van der Waals surface area (Å²) in [4.78, 5) is 12.3. The molecule has 0 unspecified atom stereocenters. The average molecular weight is 461 g/mol. The number of amides is 1. The van der Waals surface area contributed by atoms with Crippen LogP contribution in [0.1, 0.15) is 5.56 Å². The van der Waals surface area contributed by atoms with Crippen LogP contribution in [-0.2, 0) is 21.2 Å². The van der Waals surface area contributed by atoms with Crippen LogP contribution in [0.3, 0.4) is 0 Å². The zero-order chi connectivity index (χ0) is 21.6. The fraction of sp³-hybridized carbons (Fsp3) is 0.316. The molecule has 0 saturated heterocycles. The molecule has 158 valence electrons. The van der Waals surface area contributed by atoms with Gasteiger partial charge in [-0.15, -0.1) is 0 Å². The maximum atomic E-state index is 12.3. The highest BCUT2D eigenvalue weighted by Crippen LogP contribution is 2.33. The largest absolute Gasteiger partial charge is 0.493 e. The highest BCUT2D eigenvalue weighted by Gasteiger charge is 2.23. The molecule has 0 aromatic heterocycles. The van der Waals surface area contributed by atoms with Crippen LogP contribution in [0.4, 0.5) is 5.69 Å². The SMILES string of the molecule is COc1ccc(CCNC(=O)CN(c2cccc(Cl)c2Cl)S(C)(=O)=O)cc1OC. The lowest BCUT2D eigenvalue weighted by Gasteiger charge is -2.23. The number of anilines is 1. The van der Waals surface area contributed by atoms with Crippen LogP contribution in [0, 0.1) is 0 Å². The van der Waals surface area contributed by atoms with Gasteiger partial charge in [0.1, 0.15) is 6.54 Å². The molecule has 0 atom stereocenters. The van der Waals surface area contributed by atoms with Crippen LogP contribution in [0.2, 0.25) is 10.0 Å². The number of hydrogen-bond acceptors (Lipinski definition) is 5. The predicted molar refractivity (Wildman–Crippen MR) is 115 cm³/mol. The van der Waals surface area contributed by atoms with E-state index in [4.69, 9.17) is 32.7 Å². The number of methoxy groups -OCH3 is 2. The molecule has 0 aliphatic carbocycles. The van der Waals surface area contributed by atoms with Gasteiger partial charge >= 0.3 is 0 Å². The number of halogens is 2. The molecule has 0 bridgehead atoms. The Morgan fingerprint density at radius 1 is 1.10 bits per heavy atom. The minimum atomic E-state index is -3.75. The third kappa shape index (κ3) is 6.16. The summed E-state index contributed by atoms with van der Waals surface area (Å²) in [5, 5.41) is 2.98. The Labute approximate surface area is 180 Å². The Kier molecular flexibility index (Phi) is 8.01. The summed E-state index contributed by atoms with van der Waals surface area (Å²) in [5.74, 6) is 0.740. The van der Waals surface area contributed by atoms with Crippen LogP contribution in [0.15, 0.2) is 36.4 Å². The first-order valence-electron chi connectivity index (χ1n) is 8.56.